The second-order valence-corrected chi connectivity index (χ2v) is 3.81. The van der Waals surface area contributed by atoms with Crippen LogP contribution >= 0.6 is 0 Å². The Morgan fingerprint density at radius 1 is 1.33 bits per heavy atom. The molecule has 0 amide bonds. The number of hydrogen-bond donors (Lipinski definition) is 2. The molecule has 15 heavy (non-hydrogen) atoms. The van der Waals surface area contributed by atoms with E-state index in [1.54, 1.807) is 12.1 Å². The van der Waals surface area contributed by atoms with E-state index in [1.165, 1.54) is 6.92 Å². The first-order valence-electron chi connectivity index (χ1n) is 4.84. The Hall–Kier alpha value is -1.77. The number of carbonyl (C=O) groups excluding carboxylic acids is 1. The van der Waals surface area contributed by atoms with Crippen molar-refractivity contribution >= 4 is 16.7 Å². The predicted molar refractivity (Wildman–Crippen MR) is 59.4 cm³/mol. The van der Waals surface area contributed by atoms with Crippen LogP contribution in [0.25, 0.3) is 10.9 Å². The first kappa shape index (κ1) is 9.77. The van der Waals surface area contributed by atoms with Crippen LogP contribution in [0.3, 0.4) is 0 Å². The van der Waals surface area contributed by atoms with Crippen molar-refractivity contribution in [3.8, 4) is 5.75 Å². The minimum atomic E-state index is -0.111. The number of aromatic nitrogens is 1. The molecule has 3 nitrogen and oxygen atoms in total. The van der Waals surface area contributed by atoms with Crippen LogP contribution < -0.4 is 0 Å². The fourth-order valence-corrected chi connectivity index (χ4v) is 1.92. The molecule has 0 bridgehead atoms. The summed E-state index contributed by atoms with van der Waals surface area (Å²) in [6.45, 7) is 5.37. The standard InChI is InChI=1S/C12H13NO2/c1-6-7(2)13-9-4-5-10(15)12(8(3)14)11(6)9/h4-5,13,15H,1-3H3. The van der Waals surface area contributed by atoms with Gasteiger partial charge in [0.2, 0.25) is 0 Å². The number of aryl methyl sites for hydroxylation is 2. The summed E-state index contributed by atoms with van der Waals surface area (Å²) in [5.74, 6) is -0.0581. The monoisotopic (exact) mass is 203 g/mol. The lowest BCUT2D eigenvalue weighted by atomic mass is 10.0. The zero-order valence-electron chi connectivity index (χ0n) is 9.01. The molecule has 1 aromatic carbocycles. The molecular formula is C12H13NO2. The van der Waals surface area contributed by atoms with Gasteiger partial charge in [-0.05, 0) is 38.5 Å². The fraction of sp³-hybridized carbons (Fsp3) is 0.250. The molecule has 2 rings (SSSR count). The summed E-state index contributed by atoms with van der Waals surface area (Å²) in [6, 6.07) is 3.34. The molecule has 0 spiro atoms. The van der Waals surface area contributed by atoms with Gasteiger partial charge in [-0.3, -0.25) is 4.79 Å². The van der Waals surface area contributed by atoms with Crippen molar-refractivity contribution in [1.82, 2.24) is 4.98 Å². The van der Waals surface area contributed by atoms with E-state index in [0.29, 0.717) is 5.56 Å². The summed E-state index contributed by atoms with van der Waals surface area (Å²) in [6.07, 6.45) is 0. The van der Waals surface area contributed by atoms with Gasteiger partial charge in [0.25, 0.3) is 0 Å². The van der Waals surface area contributed by atoms with E-state index in [2.05, 4.69) is 4.98 Å². The van der Waals surface area contributed by atoms with Crippen LogP contribution in [0, 0.1) is 13.8 Å². The van der Waals surface area contributed by atoms with E-state index in [4.69, 9.17) is 0 Å². The smallest absolute Gasteiger partial charge is 0.164 e. The number of benzene rings is 1. The minimum absolute atomic E-state index is 0.0529. The number of aromatic hydroxyl groups is 1. The summed E-state index contributed by atoms with van der Waals surface area (Å²) in [4.78, 5) is 14.7. The third kappa shape index (κ3) is 1.31. The maximum atomic E-state index is 11.5. The van der Waals surface area contributed by atoms with Gasteiger partial charge >= 0.3 is 0 Å². The number of phenolic OH excluding ortho intramolecular Hbond substituents is 1. The van der Waals surface area contributed by atoms with E-state index < -0.39 is 0 Å². The summed E-state index contributed by atoms with van der Waals surface area (Å²) in [5.41, 5.74) is 3.35. The molecule has 0 aliphatic heterocycles. The van der Waals surface area contributed by atoms with Crippen molar-refractivity contribution in [3.63, 3.8) is 0 Å². The van der Waals surface area contributed by atoms with Crippen molar-refractivity contribution in [3.05, 3.63) is 29.0 Å². The number of Topliss-reactive ketones (excluding diaryl/α,β-unsaturated/α-hetero) is 1. The number of carbonyl (C=O) groups is 1. The molecule has 0 atom stereocenters. The molecule has 0 radical (unpaired) electrons. The quantitative estimate of drug-likeness (QED) is 0.700. The van der Waals surface area contributed by atoms with Crippen LogP contribution in [-0.4, -0.2) is 15.9 Å². The van der Waals surface area contributed by atoms with Gasteiger partial charge in [-0.2, -0.15) is 0 Å². The second kappa shape index (κ2) is 3.12. The predicted octanol–water partition coefficient (Wildman–Crippen LogP) is 2.69. The van der Waals surface area contributed by atoms with Crippen molar-refractivity contribution < 1.29 is 9.90 Å². The molecule has 1 aromatic heterocycles. The lowest BCUT2D eigenvalue weighted by Gasteiger charge is -2.03. The van der Waals surface area contributed by atoms with Gasteiger partial charge < -0.3 is 10.1 Å². The Morgan fingerprint density at radius 2 is 2.00 bits per heavy atom. The van der Waals surface area contributed by atoms with Crippen LogP contribution in [0.1, 0.15) is 28.5 Å². The first-order chi connectivity index (χ1) is 7.02. The largest absolute Gasteiger partial charge is 0.507 e. The minimum Gasteiger partial charge on any atom is -0.507 e. The number of rotatable bonds is 1. The normalized spacial score (nSPS) is 10.9. The highest BCUT2D eigenvalue weighted by molar-refractivity contribution is 6.10. The van der Waals surface area contributed by atoms with Gasteiger partial charge in [0.1, 0.15) is 5.75 Å². The summed E-state index contributed by atoms with van der Waals surface area (Å²) < 4.78 is 0. The Balaban J connectivity index is 2.97. The maximum Gasteiger partial charge on any atom is 0.164 e. The molecule has 0 fully saturated rings. The molecule has 2 aromatic rings. The molecule has 0 aliphatic rings. The number of fused-ring (bicyclic) bond motifs is 1. The van der Waals surface area contributed by atoms with Crippen molar-refractivity contribution in [2.24, 2.45) is 0 Å². The molecule has 0 saturated heterocycles. The van der Waals surface area contributed by atoms with E-state index in [-0.39, 0.29) is 11.5 Å². The third-order valence-corrected chi connectivity index (χ3v) is 2.80. The lowest BCUT2D eigenvalue weighted by molar-refractivity contribution is 0.101. The van der Waals surface area contributed by atoms with Gasteiger partial charge in [0.05, 0.1) is 5.56 Å². The molecule has 0 saturated carbocycles. The summed E-state index contributed by atoms with van der Waals surface area (Å²) in [7, 11) is 0. The third-order valence-electron chi connectivity index (χ3n) is 2.80. The number of aromatic amines is 1. The SMILES string of the molecule is CC(=O)c1c(O)ccc2[nH]c(C)c(C)c12. The van der Waals surface area contributed by atoms with Crippen molar-refractivity contribution in [1.29, 1.82) is 0 Å². The highest BCUT2D eigenvalue weighted by Crippen LogP contribution is 2.31. The molecule has 0 unspecified atom stereocenters. The Morgan fingerprint density at radius 3 is 2.60 bits per heavy atom. The van der Waals surface area contributed by atoms with E-state index in [0.717, 1.165) is 22.2 Å². The Labute approximate surface area is 87.7 Å². The summed E-state index contributed by atoms with van der Waals surface area (Å²) >= 11 is 0. The average Bonchev–Trinajstić information content (AvgIpc) is 2.44. The molecule has 0 aliphatic carbocycles. The Kier molecular flexibility index (Phi) is 2.03. The number of hydrogen-bond acceptors (Lipinski definition) is 2. The lowest BCUT2D eigenvalue weighted by Crippen LogP contribution is -1.94. The average molecular weight is 203 g/mol. The van der Waals surface area contributed by atoms with Gasteiger partial charge in [-0.25, -0.2) is 0 Å². The van der Waals surface area contributed by atoms with E-state index >= 15 is 0 Å². The van der Waals surface area contributed by atoms with Crippen LogP contribution in [-0.2, 0) is 0 Å². The van der Waals surface area contributed by atoms with Crippen LogP contribution in [0.2, 0.25) is 0 Å². The maximum absolute atomic E-state index is 11.5. The van der Waals surface area contributed by atoms with E-state index in [9.17, 15) is 9.90 Å². The van der Waals surface area contributed by atoms with Crippen LogP contribution in [0.15, 0.2) is 12.1 Å². The number of phenols is 1. The highest BCUT2D eigenvalue weighted by atomic mass is 16.3. The fourth-order valence-electron chi connectivity index (χ4n) is 1.92. The Bertz CT molecular complexity index is 552. The zero-order chi connectivity index (χ0) is 11.2. The van der Waals surface area contributed by atoms with Gasteiger partial charge in [0, 0.05) is 16.6 Å². The van der Waals surface area contributed by atoms with Crippen LogP contribution in [0.4, 0.5) is 0 Å². The molecule has 78 valence electrons. The van der Waals surface area contributed by atoms with Gasteiger partial charge in [-0.15, -0.1) is 0 Å². The van der Waals surface area contributed by atoms with Gasteiger partial charge in [-0.1, -0.05) is 0 Å². The molecule has 2 N–H and O–H groups in total. The highest BCUT2D eigenvalue weighted by Gasteiger charge is 2.15. The first-order valence-corrected chi connectivity index (χ1v) is 4.84. The topological polar surface area (TPSA) is 53.1 Å². The molecule has 1 heterocycles. The zero-order valence-corrected chi connectivity index (χ0v) is 9.01. The number of H-pyrrole nitrogens is 1. The van der Waals surface area contributed by atoms with Gasteiger partial charge in [0.15, 0.2) is 5.78 Å². The number of nitrogens with one attached hydrogen (secondary N) is 1. The van der Waals surface area contributed by atoms with E-state index in [1.807, 2.05) is 13.8 Å². The second-order valence-electron chi connectivity index (χ2n) is 3.81. The summed E-state index contributed by atoms with van der Waals surface area (Å²) in [5, 5.41) is 10.5. The van der Waals surface area contributed by atoms with Crippen LogP contribution in [0.5, 0.6) is 5.75 Å². The molecule has 3 heteroatoms. The van der Waals surface area contributed by atoms with Crippen molar-refractivity contribution in [2.45, 2.75) is 20.8 Å². The number of ketones is 1. The van der Waals surface area contributed by atoms with Crippen molar-refractivity contribution in [2.75, 3.05) is 0 Å². The molecular weight excluding hydrogens is 190 g/mol.